The van der Waals surface area contributed by atoms with Crippen LogP contribution in [-0.4, -0.2) is 49.3 Å². The molecule has 0 unspecified atom stereocenters. The van der Waals surface area contributed by atoms with Gasteiger partial charge in [0.15, 0.2) is 11.6 Å². The van der Waals surface area contributed by atoms with Gasteiger partial charge in [0, 0.05) is 17.8 Å². The second-order valence-electron chi connectivity index (χ2n) is 7.19. The van der Waals surface area contributed by atoms with Crippen LogP contribution in [0.1, 0.15) is 17.2 Å². The number of aliphatic carboxylic acids is 1. The Bertz CT molecular complexity index is 1190. The predicted octanol–water partition coefficient (Wildman–Crippen LogP) is 3.32. The average molecular weight is 527 g/mol. The van der Waals surface area contributed by atoms with Crippen LogP contribution in [-0.2, 0) is 21.1 Å². The van der Waals surface area contributed by atoms with Gasteiger partial charge in [-0.25, -0.2) is 18.2 Å². The van der Waals surface area contributed by atoms with Crippen LogP contribution in [0.5, 0.6) is 5.75 Å². The van der Waals surface area contributed by atoms with Gasteiger partial charge in [-0.15, -0.1) is 12.4 Å². The Labute approximate surface area is 208 Å². The SMILES string of the molecule is Cl.O=C(O)COc1ccc(S(=O)(=O)c2ccc(CCNC[C@@H](O)c3cccc(Cl)c3)cn2)cc1. The summed E-state index contributed by atoms with van der Waals surface area (Å²) in [7, 11) is -3.82. The van der Waals surface area contributed by atoms with E-state index in [1.807, 2.05) is 0 Å². The van der Waals surface area contributed by atoms with Gasteiger partial charge in [-0.2, -0.15) is 0 Å². The van der Waals surface area contributed by atoms with Crippen molar-refractivity contribution in [3.8, 4) is 5.75 Å². The molecule has 0 fully saturated rings. The number of benzene rings is 2. The summed E-state index contributed by atoms with van der Waals surface area (Å²) in [6, 6.07) is 15.7. The molecule has 3 aromatic rings. The van der Waals surface area contributed by atoms with Crippen LogP contribution >= 0.6 is 24.0 Å². The summed E-state index contributed by atoms with van der Waals surface area (Å²) in [4.78, 5) is 14.7. The van der Waals surface area contributed by atoms with Crippen LogP contribution in [0.25, 0.3) is 0 Å². The van der Waals surface area contributed by atoms with Gasteiger partial charge in [0.25, 0.3) is 0 Å². The normalized spacial score (nSPS) is 11.9. The highest BCUT2D eigenvalue weighted by Gasteiger charge is 2.19. The summed E-state index contributed by atoms with van der Waals surface area (Å²) in [6.45, 7) is 0.416. The molecule has 3 rings (SSSR count). The van der Waals surface area contributed by atoms with E-state index >= 15 is 0 Å². The van der Waals surface area contributed by atoms with E-state index in [0.717, 1.165) is 11.1 Å². The maximum absolute atomic E-state index is 12.8. The van der Waals surface area contributed by atoms with Crippen molar-refractivity contribution in [1.29, 1.82) is 0 Å². The molecule has 0 spiro atoms. The van der Waals surface area contributed by atoms with Crippen molar-refractivity contribution in [2.45, 2.75) is 22.4 Å². The summed E-state index contributed by atoms with van der Waals surface area (Å²) >= 11 is 5.94. The molecular weight excluding hydrogens is 503 g/mol. The lowest BCUT2D eigenvalue weighted by Crippen LogP contribution is -2.23. The van der Waals surface area contributed by atoms with Crippen LogP contribution in [0, 0.1) is 0 Å². The van der Waals surface area contributed by atoms with E-state index in [1.54, 1.807) is 30.3 Å². The second kappa shape index (κ2) is 12.7. The molecular formula is C23H24Cl2N2O6S. The minimum Gasteiger partial charge on any atom is -0.482 e. The van der Waals surface area contributed by atoms with Crippen molar-refractivity contribution >= 4 is 39.8 Å². The topological polar surface area (TPSA) is 126 Å². The van der Waals surface area contributed by atoms with Crippen LogP contribution in [0.3, 0.4) is 0 Å². The first-order chi connectivity index (χ1) is 15.8. The van der Waals surface area contributed by atoms with Gasteiger partial charge in [-0.3, -0.25) is 0 Å². The van der Waals surface area contributed by atoms with Gasteiger partial charge >= 0.3 is 5.97 Å². The molecule has 0 aliphatic carbocycles. The van der Waals surface area contributed by atoms with Crippen LogP contribution < -0.4 is 10.1 Å². The highest BCUT2D eigenvalue weighted by molar-refractivity contribution is 7.91. The van der Waals surface area contributed by atoms with Gasteiger partial charge < -0.3 is 20.3 Å². The third-order valence-corrected chi connectivity index (χ3v) is 6.65. The molecule has 1 aromatic heterocycles. The summed E-state index contributed by atoms with van der Waals surface area (Å²) in [5.74, 6) is -0.865. The highest BCUT2D eigenvalue weighted by atomic mass is 35.5. The average Bonchev–Trinajstić information content (AvgIpc) is 2.81. The van der Waals surface area contributed by atoms with Gasteiger partial charge in [-0.1, -0.05) is 29.8 Å². The lowest BCUT2D eigenvalue weighted by atomic mass is 10.1. The number of carboxylic acids is 1. The minimum absolute atomic E-state index is 0. The Kier molecular flexibility index (Phi) is 10.3. The lowest BCUT2D eigenvalue weighted by Gasteiger charge is -2.12. The molecule has 0 bridgehead atoms. The molecule has 11 heteroatoms. The number of sulfone groups is 1. The number of halogens is 2. The number of aliphatic hydroxyl groups is 1. The van der Waals surface area contributed by atoms with Crippen molar-refractivity contribution in [2.24, 2.45) is 0 Å². The zero-order valence-corrected chi connectivity index (χ0v) is 20.3. The molecule has 8 nitrogen and oxygen atoms in total. The summed E-state index contributed by atoms with van der Waals surface area (Å²) in [5, 5.41) is 22.5. The van der Waals surface area contributed by atoms with Crippen molar-refractivity contribution in [3.05, 3.63) is 83.0 Å². The first-order valence-electron chi connectivity index (χ1n) is 10.0. The molecule has 1 atom stereocenters. The molecule has 0 radical (unpaired) electrons. The molecule has 0 aliphatic rings. The Morgan fingerprint density at radius 3 is 2.47 bits per heavy atom. The monoisotopic (exact) mass is 526 g/mol. The van der Waals surface area contributed by atoms with Crippen molar-refractivity contribution < 1.29 is 28.2 Å². The van der Waals surface area contributed by atoms with E-state index < -0.39 is 28.5 Å². The largest absolute Gasteiger partial charge is 0.482 e. The molecule has 2 aromatic carbocycles. The zero-order valence-electron chi connectivity index (χ0n) is 17.9. The molecule has 0 amide bonds. The number of nitrogens with zero attached hydrogens (tertiary/aromatic N) is 1. The second-order valence-corrected chi connectivity index (χ2v) is 9.52. The fraction of sp³-hybridized carbons (Fsp3) is 0.217. The van der Waals surface area contributed by atoms with Crippen LogP contribution in [0.15, 0.2) is 76.8 Å². The molecule has 182 valence electrons. The molecule has 1 heterocycles. The molecule has 3 N–H and O–H groups in total. The first-order valence-corrected chi connectivity index (χ1v) is 11.9. The standard InChI is InChI=1S/C23H23ClN2O6S.ClH/c24-18-3-1-2-17(12-18)21(27)14-25-11-10-16-4-9-22(26-13-16)33(30,31)20-7-5-19(6-8-20)32-15-23(28)29;/h1-9,12-13,21,25,27H,10-11,14-15H2,(H,28,29);1H/t21-;/m1./s1. The minimum atomic E-state index is -3.82. The molecule has 0 aliphatic heterocycles. The van der Waals surface area contributed by atoms with E-state index in [4.69, 9.17) is 21.4 Å². The highest BCUT2D eigenvalue weighted by Crippen LogP contribution is 2.22. The van der Waals surface area contributed by atoms with Gasteiger partial charge in [0.1, 0.15) is 5.75 Å². The lowest BCUT2D eigenvalue weighted by molar-refractivity contribution is -0.139. The van der Waals surface area contributed by atoms with E-state index in [-0.39, 0.29) is 28.1 Å². The number of carbonyl (C=O) groups is 1. The van der Waals surface area contributed by atoms with E-state index in [1.165, 1.54) is 36.5 Å². The smallest absolute Gasteiger partial charge is 0.341 e. The van der Waals surface area contributed by atoms with E-state index in [9.17, 15) is 18.3 Å². The number of hydrogen-bond donors (Lipinski definition) is 3. The van der Waals surface area contributed by atoms with Gasteiger partial charge in [0.05, 0.1) is 11.0 Å². The fourth-order valence-electron chi connectivity index (χ4n) is 3.00. The Morgan fingerprint density at radius 1 is 1.12 bits per heavy atom. The Balaban J connectivity index is 0.00000408. The number of aliphatic hydroxyl groups excluding tert-OH is 1. The number of carboxylic acid groups (broad SMARTS) is 1. The number of rotatable bonds is 11. The van der Waals surface area contributed by atoms with Gasteiger partial charge in [0.2, 0.25) is 9.84 Å². The number of ether oxygens (including phenoxy) is 1. The number of aromatic nitrogens is 1. The number of pyridine rings is 1. The Morgan fingerprint density at radius 2 is 1.85 bits per heavy atom. The van der Waals surface area contributed by atoms with E-state index in [0.29, 0.717) is 24.5 Å². The van der Waals surface area contributed by atoms with Crippen molar-refractivity contribution in [1.82, 2.24) is 10.3 Å². The fourth-order valence-corrected chi connectivity index (χ4v) is 4.38. The molecule has 34 heavy (non-hydrogen) atoms. The first kappa shape index (κ1) is 27.6. The maximum Gasteiger partial charge on any atom is 0.341 e. The van der Waals surface area contributed by atoms with Crippen molar-refractivity contribution in [2.75, 3.05) is 19.7 Å². The summed E-state index contributed by atoms with van der Waals surface area (Å²) < 4.78 is 30.5. The van der Waals surface area contributed by atoms with Crippen LogP contribution in [0.4, 0.5) is 0 Å². The Hall–Kier alpha value is -2.69. The third kappa shape index (κ3) is 7.68. The number of nitrogens with one attached hydrogen (secondary N) is 1. The summed E-state index contributed by atoms with van der Waals surface area (Å²) in [6.07, 6.45) is 1.42. The van der Waals surface area contributed by atoms with Gasteiger partial charge in [-0.05, 0) is 66.6 Å². The maximum atomic E-state index is 12.8. The molecule has 0 saturated heterocycles. The van der Waals surface area contributed by atoms with Crippen LogP contribution in [0.2, 0.25) is 5.02 Å². The quantitative estimate of drug-likeness (QED) is 0.325. The summed E-state index contributed by atoms with van der Waals surface area (Å²) in [5.41, 5.74) is 1.57. The van der Waals surface area contributed by atoms with E-state index in [2.05, 4.69) is 10.3 Å². The third-order valence-electron chi connectivity index (χ3n) is 4.73. The number of hydrogen-bond acceptors (Lipinski definition) is 7. The van der Waals surface area contributed by atoms with Crippen molar-refractivity contribution in [3.63, 3.8) is 0 Å². The predicted molar refractivity (Wildman–Crippen MR) is 129 cm³/mol. The molecule has 0 saturated carbocycles. The zero-order chi connectivity index (χ0) is 23.8.